The number of anilines is 1. The molecule has 0 aliphatic rings. The first-order valence-corrected chi connectivity index (χ1v) is 5.89. The summed E-state index contributed by atoms with van der Waals surface area (Å²) in [5.41, 5.74) is 0.353. The fourth-order valence-corrected chi connectivity index (χ4v) is 1.66. The quantitative estimate of drug-likeness (QED) is 0.811. The van der Waals surface area contributed by atoms with Gasteiger partial charge in [-0.3, -0.25) is 0 Å². The molecular formula is C11H17ClFN3. The maximum atomic E-state index is 13.6. The lowest BCUT2D eigenvalue weighted by atomic mass is 10.0. The molecule has 0 bridgehead atoms. The minimum Gasteiger partial charge on any atom is -0.364 e. The lowest BCUT2D eigenvalue weighted by molar-refractivity contribution is 0.504. The number of halogens is 2. The second-order valence-corrected chi connectivity index (χ2v) is 4.47. The van der Waals surface area contributed by atoms with E-state index in [0.717, 1.165) is 6.42 Å². The Bertz CT molecular complexity index is 344. The van der Waals surface area contributed by atoms with Crippen molar-refractivity contribution < 1.29 is 4.39 Å². The first-order valence-electron chi connectivity index (χ1n) is 5.35. The fraction of sp³-hybridized carbons (Fsp3) is 0.636. The van der Waals surface area contributed by atoms with Gasteiger partial charge in [-0.05, 0) is 19.3 Å². The first kappa shape index (κ1) is 13.2. The Morgan fingerprint density at radius 3 is 2.69 bits per heavy atom. The minimum absolute atomic E-state index is 0.126. The van der Waals surface area contributed by atoms with E-state index in [0.29, 0.717) is 17.5 Å². The monoisotopic (exact) mass is 245 g/mol. The van der Waals surface area contributed by atoms with Crippen LogP contribution in [0.1, 0.15) is 26.0 Å². The predicted octanol–water partition coefficient (Wildman–Crippen LogP) is 2.99. The van der Waals surface area contributed by atoms with Gasteiger partial charge in [0.25, 0.3) is 0 Å². The van der Waals surface area contributed by atoms with Gasteiger partial charge >= 0.3 is 0 Å². The number of nitrogens with one attached hydrogen (secondary N) is 1. The highest BCUT2D eigenvalue weighted by atomic mass is 35.5. The third-order valence-electron chi connectivity index (χ3n) is 2.51. The normalized spacial score (nSPS) is 12.9. The van der Waals surface area contributed by atoms with Gasteiger partial charge < -0.3 is 5.32 Å². The van der Waals surface area contributed by atoms with Crippen LogP contribution in [-0.4, -0.2) is 21.9 Å². The van der Waals surface area contributed by atoms with Crippen LogP contribution >= 0.6 is 11.6 Å². The highest BCUT2D eigenvalue weighted by Crippen LogP contribution is 2.17. The van der Waals surface area contributed by atoms with Crippen molar-refractivity contribution in [2.24, 2.45) is 5.92 Å². The van der Waals surface area contributed by atoms with Crippen LogP contribution in [0.2, 0.25) is 0 Å². The van der Waals surface area contributed by atoms with Crippen molar-refractivity contribution in [1.29, 1.82) is 0 Å². The number of hydrogen-bond acceptors (Lipinski definition) is 3. The van der Waals surface area contributed by atoms with Crippen molar-refractivity contribution in [2.75, 3.05) is 11.2 Å². The summed E-state index contributed by atoms with van der Waals surface area (Å²) in [5, 5.41) is 3.08. The van der Waals surface area contributed by atoms with Crippen molar-refractivity contribution in [3.05, 3.63) is 17.8 Å². The Morgan fingerprint density at radius 2 is 2.12 bits per heavy atom. The highest BCUT2D eigenvalue weighted by Gasteiger charge is 2.16. The molecule has 16 heavy (non-hydrogen) atoms. The molecule has 1 aromatic rings. The SMILES string of the molecule is Cc1ncnc(NC(CCCl)C(C)C)c1F. The molecule has 3 nitrogen and oxygen atoms in total. The van der Waals surface area contributed by atoms with Crippen LogP contribution in [0.4, 0.5) is 10.2 Å². The Balaban J connectivity index is 2.81. The molecule has 0 radical (unpaired) electrons. The van der Waals surface area contributed by atoms with Crippen LogP contribution in [-0.2, 0) is 0 Å². The Labute approximate surface area is 100 Å². The maximum absolute atomic E-state index is 13.6. The van der Waals surface area contributed by atoms with E-state index in [1.54, 1.807) is 6.92 Å². The summed E-state index contributed by atoms with van der Waals surface area (Å²) in [5.74, 6) is 0.786. The van der Waals surface area contributed by atoms with E-state index in [2.05, 4.69) is 29.1 Å². The molecule has 0 saturated heterocycles. The second kappa shape index (κ2) is 5.99. The number of hydrogen-bond donors (Lipinski definition) is 1. The van der Waals surface area contributed by atoms with Crippen molar-refractivity contribution in [2.45, 2.75) is 33.2 Å². The molecule has 90 valence electrons. The molecule has 1 atom stereocenters. The second-order valence-electron chi connectivity index (χ2n) is 4.09. The molecule has 5 heteroatoms. The van der Waals surface area contributed by atoms with E-state index in [9.17, 15) is 4.39 Å². The molecule has 1 unspecified atom stereocenters. The van der Waals surface area contributed by atoms with Gasteiger partial charge in [-0.15, -0.1) is 11.6 Å². The number of rotatable bonds is 5. The number of aromatic nitrogens is 2. The van der Waals surface area contributed by atoms with Gasteiger partial charge in [0, 0.05) is 11.9 Å². The summed E-state index contributed by atoms with van der Waals surface area (Å²) >= 11 is 5.71. The topological polar surface area (TPSA) is 37.8 Å². The van der Waals surface area contributed by atoms with Crippen molar-refractivity contribution >= 4 is 17.4 Å². The standard InChI is InChI=1S/C11H17ClFN3/c1-7(2)9(4-5-12)16-11-10(13)8(3)14-6-15-11/h6-7,9H,4-5H2,1-3H3,(H,14,15,16). The summed E-state index contributed by atoms with van der Waals surface area (Å²) in [6.07, 6.45) is 2.14. The molecule has 0 aliphatic carbocycles. The summed E-state index contributed by atoms with van der Waals surface area (Å²) in [6.45, 7) is 5.75. The molecule has 1 heterocycles. The minimum atomic E-state index is -0.386. The molecule has 1 N–H and O–H groups in total. The first-order chi connectivity index (χ1) is 7.56. The van der Waals surface area contributed by atoms with Crippen LogP contribution in [0.25, 0.3) is 0 Å². The van der Waals surface area contributed by atoms with Crippen molar-refractivity contribution in [3.63, 3.8) is 0 Å². The number of aryl methyl sites for hydroxylation is 1. The predicted molar refractivity (Wildman–Crippen MR) is 64.3 cm³/mol. The molecule has 0 spiro atoms. The van der Waals surface area contributed by atoms with Gasteiger partial charge in [-0.25, -0.2) is 14.4 Å². The molecule has 0 fully saturated rings. The molecule has 0 amide bonds. The van der Waals surface area contributed by atoms with E-state index in [4.69, 9.17) is 11.6 Å². The summed E-state index contributed by atoms with van der Waals surface area (Å²) in [7, 11) is 0. The Morgan fingerprint density at radius 1 is 1.44 bits per heavy atom. The van der Waals surface area contributed by atoms with E-state index in [1.165, 1.54) is 6.33 Å². The summed E-state index contributed by atoms with van der Waals surface area (Å²) < 4.78 is 13.6. The van der Waals surface area contributed by atoms with E-state index < -0.39 is 0 Å². The molecule has 1 aromatic heterocycles. The number of nitrogens with zero attached hydrogens (tertiary/aromatic N) is 2. The summed E-state index contributed by atoms with van der Waals surface area (Å²) in [4.78, 5) is 7.69. The zero-order valence-electron chi connectivity index (χ0n) is 9.80. The van der Waals surface area contributed by atoms with E-state index >= 15 is 0 Å². The third-order valence-corrected chi connectivity index (χ3v) is 2.73. The number of alkyl halides is 1. The van der Waals surface area contributed by atoms with Crippen LogP contribution in [0, 0.1) is 18.7 Å². The Hall–Kier alpha value is -0.900. The molecule has 1 rings (SSSR count). The van der Waals surface area contributed by atoms with Gasteiger partial charge in [0.1, 0.15) is 6.33 Å². The molecular weight excluding hydrogens is 229 g/mol. The smallest absolute Gasteiger partial charge is 0.186 e. The van der Waals surface area contributed by atoms with Crippen LogP contribution in [0.15, 0.2) is 6.33 Å². The fourth-order valence-electron chi connectivity index (χ4n) is 1.42. The van der Waals surface area contributed by atoms with Crippen molar-refractivity contribution in [3.8, 4) is 0 Å². The Kier molecular flexibility index (Phi) is 4.93. The van der Waals surface area contributed by atoms with Gasteiger partial charge in [-0.1, -0.05) is 13.8 Å². The zero-order chi connectivity index (χ0) is 12.1. The maximum Gasteiger partial charge on any atom is 0.186 e. The zero-order valence-corrected chi connectivity index (χ0v) is 10.6. The lowest BCUT2D eigenvalue weighted by Crippen LogP contribution is -2.27. The van der Waals surface area contributed by atoms with Crippen LogP contribution < -0.4 is 5.32 Å². The van der Waals surface area contributed by atoms with Crippen LogP contribution in [0.5, 0.6) is 0 Å². The van der Waals surface area contributed by atoms with Gasteiger partial charge in [0.2, 0.25) is 0 Å². The van der Waals surface area contributed by atoms with Gasteiger partial charge in [0.15, 0.2) is 11.6 Å². The van der Waals surface area contributed by atoms with Gasteiger partial charge in [-0.2, -0.15) is 0 Å². The van der Waals surface area contributed by atoms with E-state index in [1.807, 2.05) is 0 Å². The third kappa shape index (κ3) is 3.30. The van der Waals surface area contributed by atoms with Gasteiger partial charge in [0.05, 0.1) is 5.69 Å². The average molecular weight is 246 g/mol. The van der Waals surface area contributed by atoms with E-state index in [-0.39, 0.29) is 17.7 Å². The van der Waals surface area contributed by atoms with Crippen LogP contribution in [0.3, 0.4) is 0 Å². The molecule has 0 aliphatic heterocycles. The molecule has 0 saturated carbocycles. The summed E-state index contributed by atoms with van der Waals surface area (Å²) in [6, 6.07) is 0.126. The highest BCUT2D eigenvalue weighted by molar-refractivity contribution is 6.17. The van der Waals surface area contributed by atoms with Crippen molar-refractivity contribution in [1.82, 2.24) is 9.97 Å². The largest absolute Gasteiger partial charge is 0.364 e. The lowest BCUT2D eigenvalue weighted by Gasteiger charge is -2.22. The average Bonchev–Trinajstić information content (AvgIpc) is 2.23. The molecule has 0 aromatic carbocycles.